The molecule has 1 rings (SSSR count). The van der Waals surface area contributed by atoms with Crippen LogP contribution in [-0.2, 0) is 9.53 Å². The molecule has 1 amide bonds. The third-order valence-corrected chi connectivity index (χ3v) is 3.64. The molecule has 0 aromatic heterocycles. The largest absolute Gasteiger partial charge is 0.387 e. The van der Waals surface area contributed by atoms with Crippen molar-refractivity contribution < 1.29 is 14.6 Å². The first-order chi connectivity index (χ1) is 10.2. The molecule has 0 bridgehead atoms. The molecule has 1 aliphatic carbocycles. The molecule has 116 valence electrons. The van der Waals surface area contributed by atoms with Gasteiger partial charge in [0.2, 0.25) is 5.91 Å². The standard InChI is InChI=1S/C14H22N4O3/c1-2-3-9-21-10-8-18(14(20)11-19)13-6-4-12(5-7-13)16-17-15/h1,12-13,19H,3-11H2/t12-,13+. The smallest absolute Gasteiger partial charge is 0.248 e. The first-order valence-corrected chi connectivity index (χ1v) is 7.18. The molecule has 7 heteroatoms. The molecule has 0 aromatic carbocycles. The highest BCUT2D eigenvalue weighted by Crippen LogP contribution is 2.25. The molecule has 0 radical (unpaired) electrons. The summed E-state index contributed by atoms with van der Waals surface area (Å²) in [4.78, 5) is 16.3. The van der Waals surface area contributed by atoms with E-state index >= 15 is 0 Å². The average molecular weight is 294 g/mol. The van der Waals surface area contributed by atoms with Crippen LogP contribution in [0.25, 0.3) is 10.4 Å². The van der Waals surface area contributed by atoms with Gasteiger partial charge in [0.1, 0.15) is 6.61 Å². The van der Waals surface area contributed by atoms with Crippen LogP contribution in [0.1, 0.15) is 32.1 Å². The van der Waals surface area contributed by atoms with Gasteiger partial charge in [-0.1, -0.05) is 5.11 Å². The van der Waals surface area contributed by atoms with E-state index in [1.54, 1.807) is 4.90 Å². The molecule has 1 saturated carbocycles. The molecule has 0 unspecified atom stereocenters. The lowest BCUT2D eigenvalue weighted by atomic mass is 9.90. The normalized spacial score (nSPS) is 21.1. The quantitative estimate of drug-likeness (QED) is 0.241. The predicted octanol–water partition coefficient (Wildman–Crippen LogP) is 1.47. The van der Waals surface area contributed by atoms with Crippen molar-refractivity contribution in [2.24, 2.45) is 5.11 Å². The number of aliphatic hydroxyl groups excluding tert-OH is 1. The molecule has 0 heterocycles. The molecular weight excluding hydrogens is 272 g/mol. The van der Waals surface area contributed by atoms with E-state index < -0.39 is 6.61 Å². The van der Waals surface area contributed by atoms with Crippen LogP contribution in [0.4, 0.5) is 0 Å². The van der Waals surface area contributed by atoms with E-state index in [2.05, 4.69) is 15.9 Å². The number of carbonyl (C=O) groups excluding carboxylic acids is 1. The Morgan fingerprint density at radius 1 is 1.43 bits per heavy atom. The van der Waals surface area contributed by atoms with E-state index in [9.17, 15) is 4.79 Å². The summed E-state index contributed by atoms with van der Waals surface area (Å²) in [6.07, 6.45) is 8.77. The van der Waals surface area contributed by atoms with Gasteiger partial charge >= 0.3 is 0 Å². The van der Waals surface area contributed by atoms with E-state index in [0.29, 0.717) is 26.2 Å². The van der Waals surface area contributed by atoms with Crippen LogP contribution in [0.3, 0.4) is 0 Å². The third kappa shape index (κ3) is 6.05. The van der Waals surface area contributed by atoms with Gasteiger partial charge < -0.3 is 14.7 Å². The summed E-state index contributed by atoms with van der Waals surface area (Å²) >= 11 is 0. The Morgan fingerprint density at radius 3 is 2.71 bits per heavy atom. The molecule has 0 saturated heterocycles. The van der Waals surface area contributed by atoms with Crippen LogP contribution in [-0.4, -0.2) is 54.4 Å². The summed E-state index contributed by atoms with van der Waals surface area (Å²) in [5, 5.41) is 12.8. The summed E-state index contributed by atoms with van der Waals surface area (Å²) in [7, 11) is 0. The fourth-order valence-electron chi connectivity index (χ4n) is 2.56. The van der Waals surface area contributed by atoms with Gasteiger partial charge in [-0.05, 0) is 31.2 Å². The molecular formula is C14H22N4O3. The van der Waals surface area contributed by atoms with Crippen molar-refractivity contribution in [1.29, 1.82) is 0 Å². The Bertz CT molecular complexity index is 407. The highest BCUT2D eigenvalue weighted by atomic mass is 16.5. The lowest BCUT2D eigenvalue weighted by Gasteiger charge is -2.35. The summed E-state index contributed by atoms with van der Waals surface area (Å²) in [6.45, 7) is 0.826. The van der Waals surface area contributed by atoms with Gasteiger partial charge in [0.05, 0.1) is 13.2 Å². The third-order valence-electron chi connectivity index (χ3n) is 3.64. The number of azide groups is 1. The van der Waals surface area contributed by atoms with Gasteiger partial charge in [0, 0.05) is 30.0 Å². The summed E-state index contributed by atoms with van der Waals surface area (Å²) in [5.74, 6) is 2.20. The van der Waals surface area contributed by atoms with Crippen molar-refractivity contribution in [2.75, 3.05) is 26.4 Å². The Kier molecular flexibility index (Phi) is 8.29. The number of carbonyl (C=O) groups is 1. The van der Waals surface area contributed by atoms with E-state index in [4.69, 9.17) is 21.8 Å². The number of ether oxygens (including phenoxy) is 1. The lowest BCUT2D eigenvalue weighted by molar-refractivity contribution is -0.138. The topological polar surface area (TPSA) is 98.5 Å². The monoisotopic (exact) mass is 294 g/mol. The Labute approximate surface area is 124 Å². The number of hydrogen-bond acceptors (Lipinski definition) is 4. The molecule has 0 atom stereocenters. The SMILES string of the molecule is C#CCCOCCN(C(=O)CO)[C@H]1CC[C@@H](N=[N+]=[N-])CC1. The molecule has 0 spiro atoms. The number of aliphatic hydroxyl groups is 1. The summed E-state index contributed by atoms with van der Waals surface area (Å²) < 4.78 is 5.37. The van der Waals surface area contributed by atoms with Gasteiger partial charge in [-0.2, -0.15) is 0 Å². The van der Waals surface area contributed by atoms with Crippen molar-refractivity contribution in [2.45, 2.75) is 44.2 Å². The molecule has 1 fully saturated rings. The minimum absolute atomic E-state index is 0.0178. The van der Waals surface area contributed by atoms with Crippen LogP contribution in [0.15, 0.2) is 5.11 Å². The zero-order valence-corrected chi connectivity index (χ0v) is 12.1. The fraction of sp³-hybridized carbons (Fsp3) is 0.786. The molecule has 0 aromatic rings. The number of amides is 1. The second-order valence-corrected chi connectivity index (χ2v) is 4.98. The molecule has 7 nitrogen and oxygen atoms in total. The van der Waals surface area contributed by atoms with E-state index in [-0.39, 0.29) is 18.0 Å². The predicted molar refractivity (Wildman–Crippen MR) is 78.3 cm³/mol. The maximum atomic E-state index is 11.8. The fourth-order valence-corrected chi connectivity index (χ4v) is 2.56. The number of hydrogen-bond donors (Lipinski definition) is 1. The second kappa shape index (κ2) is 10.1. The van der Waals surface area contributed by atoms with Crippen LogP contribution in [0, 0.1) is 12.3 Å². The maximum Gasteiger partial charge on any atom is 0.248 e. The minimum Gasteiger partial charge on any atom is -0.387 e. The first kappa shape index (κ1) is 17.3. The summed E-state index contributed by atoms with van der Waals surface area (Å²) in [6, 6.07) is 0.0928. The van der Waals surface area contributed by atoms with Crippen molar-refractivity contribution >= 4 is 5.91 Å². The van der Waals surface area contributed by atoms with Crippen LogP contribution < -0.4 is 0 Å². The highest BCUT2D eigenvalue weighted by molar-refractivity contribution is 5.77. The minimum atomic E-state index is -0.499. The number of rotatable bonds is 8. The van der Waals surface area contributed by atoms with E-state index in [1.807, 2.05) is 0 Å². The second-order valence-electron chi connectivity index (χ2n) is 4.98. The van der Waals surface area contributed by atoms with Crippen molar-refractivity contribution in [3.63, 3.8) is 0 Å². The molecule has 21 heavy (non-hydrogen) atoms. The molecule has 1 aliphatic rings. The van der Waals surface area contributed by atoms with Gasteiger partial charge in [0.15, 0.2) is 0 Å². The van der Waals surface area contributed by atoms with Crippen LogP contribution in [0.2, 0.25) is 0 Å². The van der Waals surface area contributed by atoms with Crippen molar-refractivity contribution in [1.82, 2.24) is 4.90 Å². The lowest BCUT2D eigenvalue weighted by Crippen LogP contribution is -2.45. The zero-order valence-electron chi connectivity index (χ0n) is 12.1. The van der Waals surface area contributed by atoms with Crippen LogP contribution in [0.5, 0.6) is 0 Å². The Balaban J connectivity index is 2.45. The van der Waals surface area contributed by atoms with Crippen molar-refractivity contribution in [3.8, 4) is 12.3 Å². The Hall–Kier alpha value is -1.74. The van der Waals surface area contributed by atoms with Crippen molar-refractivity contribution in [3.05, 3.63) is 10.4 Å². The van der Waals surface area contributed by atoms with Gasteiger partial charge in [-0.25, -0.2) is 0 Å². The van der Waals surface area contributed by atoms with E-state index in [1.165, 1.54) is 0 Å². The highest BCUT2D eigenvalue weighted by Gasteiger charge is 2.27. The van der Waals surface area contributed by atoms with Crippen LogP contribution >= 0.6 is 0 Å². The zero-order chi connectivity index (χ0) is 15.5. The average Bonchev–Trinajstić information content (AvgIpc) is 2.51. The molecule has 1 N–H and O–H groups in total. The number of terminal acetylenes is 1. The van der Waals surface area contributed by atoms with Gasteiger partial charge in [-0.15, -0.1) is 12.3 Å². The molecule has 0 aliphatic heterocycles. The van der Waals surface area contributed by atoms with Gasteiger partial charge in [-0.3, -0.25) is 4.79 Å². The number of nitrogens with zero attached hydrogens (tertiary/aromatic N) is 4. The first-order valence-electron chi connectivity index (χ1n) is 7.18. The summed E-state index contributed by atoms with van der Waals surface area (Å²) in [5.41, 5.74) is 8.44. The van der Waals surface area contributed by atoms with E-state index in [0.717, 1.165) is 25.7 Å². The maximum absolute atomic E-state index is 11.8. The van der Waals surface area contributed by atoms with Gasteiger partial charge in [0.25, 0.3) is 0 Å². The Morgan fingerprint density at radius 2 is 2.14 bits per heavy atom.